The number of piperazine rings is 1. The summed E-state index contributed by atoms with van der Waals surface area (Å²) in [6.45, 7) is 5.72. The second kappa shape index (κ2) is 7.95. The minimum absolute atomic E-state index is 0.133. The number of carbonyl (C=O) groups excluding carboxylic acids is 1. The molecule has 1 amide bonds. The number of nitrogens with one attached hydrogen (secondary N) is 1. The number of rotatable bonds is 3. The van der Waals surface area contributed by atoms with Crippen LogP contribution >= 0.6 is 23.8 Å². The van der Waals surface area contributed by atoms with Crippen LogP contribution in [0.4, 0.5) is 5.69 Å². The molecule has 0 unspecified atom stereocenters. The number of hydrogen-bond acceptors (Lipinski definition) is 3. The van der Waals surface area contributed by atoms with Crippen molar-refractivity contribution in [2.24, 2.45) is 0 Å². The van der Waals surface area contributed by atoms with Gasteiger partial charge in [0.05, 0.1) is 6.54 Å². The first-order valence-electron chi connectivity index (χ1n) is 7.62. The Labute approximate surface area is 148 Å². The summed E-state index contributed by atoms with van der Waals surface area (Å²) in [6.07, 6.45) is 0. The average molecular weight is 355 g/mol. The van der Waals surface area contributed by atoms with E-state index in [-0.39, 0.29) is 5.91 Å². The number of likely N-dealkylation sites (N-methyl/N-ethyl adjacent to an activating group) is 1. The van der Waals surface area contributed by atoms with Gasteiger partial charge in [-0.05, 0) is 36.8 Å². The van der Waals surface area contributed by atoms with E-state index < -0.39 is 0 Å². The lowest BCUT2D eigenvalue weighted by molar-refractivity contribution is -0.130. The Morgan fingerprint density at radius 1 is 1.30 bits per heavy atom. The van der Waals surface area contributed by atoms with Crippen LogP contribution in [0.25, 0.3) is 0 Å². The highest BCUT2D eigenvalue weighted by Crippen LogP contribution is 2.23. The third-order valence-corrected chi connectivity index (χ3v) is 4.80. The van der Waals surface area contributed by atoms with Crippen molar-refractivity contribution in [1.29, 1.82) is 0 Å². The van der Waals surface area contributed by atoms with Gasteiger partial charge >= 0.3 is 0 Å². The van der Waals surface area contributed by atoms with Crippen LogP contribution in [0.2, 0.25) is 5.02 Å². The van der Waals surface area contributed by atoms with Gasteiger partial charge in [0.15, 0.2) is 5.11 Å². The van der Waals surface area contributed by atoms with Crippen LogP contribution in [0.1, 0.15) is 5.56 Å². The first-order chi connectivity index (χ1) is 10.9. The molecule has 1 N–H and O–H groups in total. The summed E-state index contributed by atoms with van der Waals surface area (Å²) in [5.41, 5.74) is 1.93. The fraction of sp³-hybridized carbons (Fsp3) is 0.500. The third-order valence-electron chi connectivity index (χ3n) is 4.03. The number of halogens is 1. The van der Waals surface area contributed by atoms with Crippen LogP contribution in [-0.2, 0) is 4.79 Å². The first-order valence-corrected chi connectivity index (χ1v) is 8.40. The van der Waals surface area contributed by atoms with Crippen molar-refractivity contribution in [3.05, 3.63) is 28.8 Å². The highest BCUT2D eigenvalue weighted by Gasteiger charge is 2.21. The molecule has 1 fully saturated rings. The van der Waals surface area contributed by atoms with Crippen molar-refractivity contribution in [3.8, 4) is 0 Å². The van der Waals surface area contributed by atoms with Crippen LogP contribution in [-0.4, -0.2) is 72.5 Å². The van der Waals surface area contributed by atoms with Gasteiger partial charge in [0.25, 0.3) is 0 Å². The zero-order chi connectivity index (χ0) is 17.0. The quantitative estimate of drug-likeness (QED) is 0.841. The molecule has 0 aliphatic carbocycles. The molecule has 2 rings (SSSR count). The van der Waals surface area contributed by atoms with Gasteiger partial charge in [0, 0.05) is 51.0 Å². The standard InChI is InChI=1S/C16H23ClN4OS/c1-12-13(17)5-4-6-14(12)18-16(23)21-9-7-20(8-10-21)11-15(22)19(2)3/h4-6H,7-11H2,1-3H3,(H,18,23). The fourth-order valence-corrected chi connectivity index (χ4v) is 2.85. The normalized spacial score (nSPS) is 15.4. The summed E-state index contributed by atoms with van der Waals surface area (Å²) in [6, 6.07) is 5.75. The summed E-state index contributed by atoms with van der Waals surface area (Å²) >= 11 is 11.6. The second-order valence-electron chi connectivity index (χ2n) is 5.89. The molecule has 23 heavy (non-hydrogen) atoms. The zero-order valence-corrected chi connectivity index (χ0v) is 15.4. The van der Waals surface area contributed by atoms with E-state index in [2.05, 4.69) is 15.1 Å². The molecule has 0 atom stereocenters. The van der Waals surface area contributed by atoms with Crippen LogP contribution in [0, 0.1) is 6.92 Å². The molecule has 126 valence electrons. The predicted octanol–water partition coefficient (Wildman–Crippen LogP) is 2.05. The maximum absolute atomic E-state index is 11.8. The van der Waals surface area contributed by atoms with Crippen LogP contribution in [0.5, 0.6) is 0 Å². The van der Waals surface area contributed by atoms with Gasteiger partial charge in [0.2, 0.25) is 5.91 Å². The summed E-state index contributed by atoms with van der Waals surface area (Å²) < 4.78 is 0. The maximum atomic E-state index is 11.8. The van der Waals surface area contributed by atoms with Crippen molar-refractivity contribution in [3.63, 3.8) is 0 Å². The van der Waals surface area contributed by atoms with E-state index in [1.807, 2.05) is 25.1 Å². The lowest BCUT2D eigenvalue weighted by Gasteiger charge is -2.36. The number of thiocarbonyl (C=S) groups is 1. The molecule has 0 spiro atoms. The predicted molar refractivity (Wildman–Crippen MR) is 99.1 cm³/mol. The SMILES string of the molecule is Cc1c(Cl)cccc1NC(=S)N1CCN(CC(=O)N(C)C)CC1. The van der Waals surface area contributed by atoms with Crippen molar-refractivity contribution in [2.75, 3.05) is 52.1 Å². The van der Waals surface area contributed by atoms with Gasteiger partial charge < -0.3 is 15.1 Å². The molecule has 1 saturated heterocycles. The largest absolute Gasteiger partial charge is 0.348 e. The Bertz CT molecular complexity index is 585. The maximum Gasteiger partial charge on any atom is 0.236 e. The molecular formula is C16H23ClN4OS. The minimum atomic E-state index is 0.133. The van der Waals surface area contributed by atoms with E-state index in [0.717, 1.165) is 42.5 Å². The molecule has 0 saturated carbocycles. The van der Waals surface area contributed by atoms with Crippen LogP contribution < -0.4 is 5.32 Å². The molecule has 1 aliphatic rings. The topological polar surface area (TPSA) is 38.8 Å². The smallest absolute Gasteiger partial charge is 0.236 e. The summed E-state index contributed by atoms with van der Waals surface area (Å²) in [7, 11) is 3.57. The molecule has 0 radical (unpaired) electrons. The molecule has 1 aromatic carbocycles. The van der Waals surface area contributed by atoms with E-state index in [4.69, 9.17) is 23.8 Å². The Kier molecular flexibility index (Phi) is 6.21. The van der Waals surface area contributed by atoms with E-state index in [9.17, 15) is 4.79 Å². The molecule has 1 aliphatic heterocycles. The van der Waals surface area contributed by atoms with Crippen LogP contribution in [0.3, 0.4) is 0 Å². The minimum Gasteiger partial charge on any atom is -0.348 e. The number of nitrogens with zero attached hydrogens (tertiary/aromatic N) is 3. The Morgan fingerprint density at radius 3 is 2.57 bits per heavy atom. The van der Waals surface area contributed by atoms with Crippen molar-refractivity contribution in [2.45, 2.75) is 6.92 Å². The van der Waals surface area contributed by atoms with E-state index in [1.165, 1.54) is 0 Å². The first kappa shape index (κ1) is 18.0. The third kappa shape index (κ3) is 4.80. The summed E-state index contributed by atoms with van der Waals surface area (Å²) in [5, 5.41) is 4.70. The van der Waals surface area contributed by atoms with Crippen molar-refractivity contribution >= 4 is 40.5 Å². The highest BCUT2D eigenvalue weighted by atomic mass is 35.5. The van der Waals surface area contributed by atoms with Gasteiger partial charge in [-0.2, -0.15) is 0 Å². The van der Waals surface area contributed by atoms with Crippen molar-refractivity contribution in [1.82, 2.24) is 14.7 Å². The Balaban J connectivity index is 1.86. The monoisotopic (exact) mass is 354 g/mol. The summed E-state index contributed by atoms with van der Waals surface area (Å²) in [5.74, 6) is 0.133. The number of benzene rings is 1. The summed E-state index contributed by atoms with van der Waals surface area (Å²) in [4.78, 5) is 17.7. The zero-order valence-electron chi connectivity index (χ0n) is 13.8. The average Bonchev–Trinajstić information content (AvgIpc) is 2.52. The Hall–Kier alpha value is -1.37. The van der Waals surface area contributed by atoms with Gasteiger partial charge in [0.1, 0.15) is 0 Å². The molecule has 5 nitrogen and oxygen atoms in total. The van der Waals surface area contributed by atoms with E-state index in [1.54, 1.807) is 19.0 Å². The van der Waals surface area contributed by atoms with E-state index in [0.29, 0.717) is 11.7 Å². The molecule has 1 heterocycles. The van der Waals surface area contributed by atoms with E-state index >= 15 is 0 Å². The van der Waals surface area contributed by atoms with Gasteiger partial charge in [-0.25, -0.2) is 0 Å². The molecule has 0 bridgehead atoms. The molecule has 1 aromatic rings. The Morgan fingerprint density at radius 2 is 1.96 bits per heavy atom. The van der Waals surface area contributed by atoms with Gasteiger partial charge in [-0.3, -0.25) is 9.69 Å². The fourth-order valence-electron chi connectivity index (χ4n) is 2.38. The van der Waals surface area contributed by atoms with Gasteiger partial charge in [-0.1, -0.05) is 17.7 Å². The molecular weight excluding hydrogens is 332 g/mol. The second-order valence-corrected chi connectivity index (χ2v) is 6.69. The van der Waals surface area contributed by atoms with Crippen LogP contribution in [0.15, 0.2) is 18.2 Å². The van der Waals surface area contributed by atoms with Gasteiger partial charge in [-0.15, -0.1) is 0 Å². The number of amides is 1. The number of carbonyl (C=O) groups is 1. The lowest BCUT2D eigenvalue weighted by Crippen LogP contribution is -2.51. The molecule has 7 heteroatoms. The number of anilines is 1. The van der Waals surface area contributed by atoms with Crippen molar-refractivity contribution < 1.29 is 4.79 Å². The molecule has 0 aromatic heterocycles. The highest BCUT2D eigenvalue weighted by molar-refractivity contribution is 7.80. The number of hydrogen-bond donors (Lipinski definition) is 1. The lowest BCUT2D eigenvalue weighted by atomic mass is 10.2.